The number of ether oxygens (including phenoxy) is 1. The van der Waals surface area contributed by atoms with Crippen molar-refractivity contribution in [3.63, 3.8) is 0 Å². The molecule has 1 aromatic carbocycles. The molecule has 7 nitrogen and oxygen atoms in total. The van der Waals surface area contributed by atoms with Gasteiger partial charge in [-0.25, -0.2) is 4.98 Å². The normalized spacial score (nSPS) is 11.8. The summed E-state index contributed by atoms with van der Waals surface area (Å²) in [7, 11) is 0. The summed E-state index contributed by atoms with van der Waals surface area (Å²) in [5.74, 6) is -1.78. The van der Waals surface area contributed by atoms with E-state index in [-0.39, 0.29) is 24.0 Å². The van der Waals surface area contributed by atoms with E-state index in [2.05, 4.69) is 10.3 Å². The highest BCUT2D eigenvalue weighted by atomic mass is 16.5. The van der Waals surface area contributed by atoms with E-state index in [1.54, 1.807) is 13.8 Å². The van der Waals surface area contributed by atoms with Gasteiger partial charge in [-0.15, -0.1) is 0 Å². The first kappa shape index (κ1) is 18.4. The maximum absolute atomic E-state index is 12.2. The van der Waals surface area contributed by atoms with Gasteiger partial charge in [0.25, 0.3) is 5.91 Å². The zero-order valence-corrected chi connectivity index (χ0v) is 14.1. The lowest BCUT2D eigenvalue weighted by Gasteiger charge is -2.14. The number of aromatic hydroxyl groups is 1. The molecule has 132 valence electrons. The smallest absolute Gasteiger partial charge is 0.280 e. The molecule has 1 atom stereocenters. The number of amides is 2. The summed E-state index contributed by atoms with van der Waals surface area (Å²) in [6, 6.07) is 9.77. The number of benzene rings is 1. The van der Waals surface area contributed by atoms with Gasteiger partial charge < -0.3 is 15.6 Å². The zero-order chi connectivity index (χ0) is 18.4. The molecule has 1 heterocycles. The molecule has 0 aliphatic rings. The Morgan fingerprint density at radius 2 is 1.92 bits per heavy atom. The second-order valence-corrected chi connectivity index (χ2v) is 5.79. The third-order valence-electron chi connectivity index (χ3n) is 3.34. The first-order valence-electron chi connectivity index (χ1n) is 7.87. The van der Waals surface area contributed by atoms with Gasteiger partial charge in [0.1, 0.15) is 0 Å². The van der Waals surface area contributed by atoms with Crippen molar-refractivity contribution < 1.29 is 19.4 Å². The Kier molecular flexibility index (Phi) is 6.08. The van der Waals surface area contributed by atoms with Gasteiger partial charge >= 0.3 is 0 Å². The fourth-order valence-corrected chi connectivity index (χ4v) is 2.18. The molecule has 0 aliphatic heterocycles. The average Bonchev–Trinajstić information content (AvgIpc) is 2.57. The van der Waals surface area contributed by atoms with E-state index >= 15 is 0 Å². The van der Waals surface area contributed by atoms with Crippen molar-refractivity contribution in [2.45, 2.75) is 32.4 Å². The van der Waals surface area contributed by atoms with Gasteiger partial charge in [-0.05, 0) is 25.8 Å². The van der Waals surface area contributed by atoms with E-state index in [4.69, 9.17) is 10.5 Å². The van der Waals surface area contributed by atoms with Gasteiger partial charge in [-0.1, -0.05) is 30.3 Å². The van der Waals surface area contributed by atoms with Crippen molar-refractivity contribution in [3.05, 3.63) is 53.9 Å². The third-order valence-corrected chi connectivity index (χ3v) is 3.34. The molecule has 0 aliphatic carbocycles. The van der Waals surface area contributed by atoms with Crippen LogP contribution in [0.3, 0.4) is 0 Å². The molecule has 0 fully saturated rings. The molecule has 25 heavy (non-hydrogen) atoms. The van der Waals surface area contributed by atoms with Crippen LogP contribution in [-0.4, -0.2) is 34.1 Å². The molecule has 0 bridgehead atoms. The molecular weight excluding hydrogens is 322 g/mol. The van der Waals surface area contributed by atoms with Crippen LogP contribution in [-0.2, 0) is 11.2 Å². The zero-order valence-electron chi connectivity index (χ0n) is 14.1. The monoisotopic (exact) mass is 343 g/mol. The Bertz CT molecular complexity index is 747. The van der Waals surface area contributed by atoms with Crippen LogP contribution in [0.1, 0.15) is 29.9 Å². The number of carbonyl (C=O) groups is 2. The molecule has 1 aromatic heterocycles. The predicted octanol–water partition coefficient (Wildman–Crippen LogP) is 1.40. The standard InChI is InChI=1S/C18H21N3O4/c1-11(2)25-14-8-9-20-15(16(14)22)18(24)21-17(23)13(19)10-12-6-4-3-5-7-12/h3-9,11,13,22H,10,19H2,1-2H3,(H,21,23,24)/t13-/m0/s1. The molecule has 0 saturated heterocycles. The van der Waals surface area contributed by atoms with Crippen molar-refractivity contribution in [1.82, 2.24) is 10.3 Å². The van der Waals surface area contributed by atoms with Crippen molar-refractivity contribution in [1.29, 1.82) is 0 Å². The number of nitrogens with two attached hydrogens (primary N) is 1. The number of hydrogen-bond acceptors (Lipinski definition) is 6. The minimum atomic E-state index is -0.899. The largest absolute Gasteiger partial charge is 0.503 e. The molecule has 0 spiro atoms. The highest BCUT2D eigenvalue weighted by Gasteiger charge is 2.22. The molecule has 0 radical (unpaired) electrons. The van der Waals surface area contributed by atoms with Crippen molar-refractivity contribution >= 4 is 11.8 Å². The summed E-state index contributed by atoms with van der Waals surface area (Å²) >= 11 is 0. The number of hydrogen-bond donors (Lipinski definition) is 3. The lowest BCUT2D eigenvalue weighted by Crippen LogP contribution is -2.44. The van der Waals surface area contributed by atoms with E-state index in [1.807, 2.05) is 30.3 Å². The number of imide groups is 1. The van der Waals surface area contributed by atoms with Crippen LogP contribution < -0.4 is 15.8 Å². The maximum Gasteiger partial charge on any atom is 0.280 e. The fraction of sp³-hybridized carbons (Fsp3) is 0.278. The fourth-order valence-electron chi connectivity index (χ4n) is 2.18. The number of carbonyl (C=O) groups excluding carboxylic acids is 2. The Hall–Kier alpha value is -2.93. The van der Waals surface area contributed by atoms with Crippen LogP contribution in [0.4, 0.5) is 0 Å². The number of nitrogens with zero attached hydrogens (tertiary/aromatic N) is 1. The van der Waals surface area contributed by atoms with Gasteiger partial charge in [0, 0.05) is 12.3 Å². The summed E-state index contributed by atoms with van der Waals surface area (Å²) in [6.45, 7) is 3.57. The average molecular weight is 343 g/mol. The second-order valence-electron chi connectivity index (χ2n) is 5.79. The summed E-state index contributed by atoms with van der Waals surface area (Å²) in [5, 5.41) is 12.3. The van der Waals surface area contributed by atoms with E-state index in [9.17, 15) is 14.7 Å². The lowest BCUT2D eigenvalue weighted by atomic mass is 10.1. The molecule has 2 amide bonds. The van der Waals surface area contributed by atoms with Crippen LogP contribution >= 0.6 is 0 Å². The van der Waals surface area contributed by atoms with Crippen molar-refractivity contribution in [2.75, 3.05) is 0 Å². The molecule has 4 N–H and O–H groups in total. The third kappa shape index (κ3) is 5.02. The van der Waals surface area contributed by atoms with Gasteiger partial charge in [-0.2, -0.15) is 0 Å². The Labute approximate surface area is 145 Å². The SMILES string of the molecule is CC(C)Oc1ccnc(C(=O)NC(=O)[C@@H](N)Cc2ccccc2)c1O. The molecule has 0 unspecified atom stereocenters. The van der Waals surface area contributed by atoms with E-state index in [0.717, 1.165) is 5.56 Å². The first-order chi connectivity index (χ1) is 11.9. The van der Waals surface area contributed by atoms with Gasteiger partial charge in [-0.3, -0.25) is 14.9 Å². The van der Waals surface area contributed by atoms with Crippen LogP contribution in [0.5, 0.6) is 11.5 Å². The highest BCUT2D eigenvalue weighted by Crippen LogP contribution is 2.28. The maximum atomic E-state index is 12.2. The predicted molar refractivity (Wildman–Crippen MR) is 92.3 cm³/mol. The number of pyridine rings is 1. The number of rotatable bonds is 6. The summed E-state index contributed by atoms with van der Waals surface area (Å²) in [5.41, 5.74) is 6.42. The molecular formula is C18H21N3O4. The van der Waals surface area contributed by atoms with Gasteiger partial charge in [0.2, 0.25) is 5.91 Å². The summed E-state index contributed by atoms with van der Waals surface area (Å²) in [4.78, 5) is 28.1. The molecule has 2 aromatic rings. The molecule has 2 rings (SSSR count). The topological polar surface area (TPSA) is 115 Å². The van der Waals surface area contributed by atoms with Gasteiger partial charge in [0.15, 0.2) is 17.2 Å². The minimum Gasteiger partial charge on any atom is -0.503 e. The number of aromatic nitrogens is 1. The summed E-state index contributed by atoms with van der Waals surface area (Å²) < 4.78 is 5.39. The molecule has 7 heteroatoms. The quantitative estimate of drug-likeness (QED) is 0.730. The van der Waals surface area contributed by atoms with Gasteiger partial charge in [0.05, 0.1) is 12.1 Å². The van der Waals surface area contributed by atoms with E-state index < -0.39 is 23.6 Å². The van der Waals surface area contributed by atoms with Crippen LogP contribution in [0.2, 0.25) is 0 Å². The summed E-state index contributed by atoms with van der Waals surface area (Å²) in [6.07, 6.45) is 1.42. The lowest BCUT2D eigenvalue weighted by molar-refractivity contribution is -0.121. The van der Waals surface area contributed by atoms with Crippen molar-refractivity contribution in [2.24, 2.45) is 5.73 Å². The molecule has 0 saturated carbocycles. The van der Waals surface area contributed by atoms with Crippen LogP contribution in [0.25, 0.3) is 0 Å². The Morgan fingerprint density at radius 1 is 1.24 bits per heavy atom. The van der Waals surface area contributed by atoms with Crippen molar-refractivity contribution in [3.8, 4) is 11.5 Å². The number of nitrogens with one attached hydrogen (secondary N) is 1. The van der Waals surface area contributed by atoms with Crippen LogP contribution in [0.15, 0.2) is 42.6 Å². The minimum absolute atomic E-state index is 0.121. The Balaban J connectivity index is 2.05. The van der Waals surface area contributed by atoms with Crippen LogP contribution in [0, 0.1) is 0 Å². The van der Waals surface area contributed by atoms with E-state index in [0.29, 0.717) is 0 Å². The Morgan fingerprint density at radius 3 is 2.56 bits per heavy atom. The first-order valence-corrected chi connectivity index (χ1v) is 7.87. The van der Waals surface area contributed by atoms with E-state index in [1.165, 1.54) is 12.3 Å². The second kappa shape index (κ2) is 8.25. The highest BCUT2D eigenvalue weighted by molar-refractivity contribution is 6.06.